The SMILES string of the molecule is CCCc1nc(CSc2ccc(C(=O)O)cc2)no1. The molecule has 2 aromatic rings. The normalized spacial score (nSPS) is 10.6. The molecule has 0 fully saturated rings. The standard InChI is InChI=1S/C13H14N2O3S/c1-2-3-12-14-11(15-18-12)8-19-10-6-4-9(5-7-10)13(16)17/h4-7H,2-3,8H2,1H3,(H,16,17). The molecule has 0 aliphatic heterocycles. The van der Waals surface area contributed by atoms with Crippen molar-refractivity contribution in [2.24, 2.45) is 0 Å². The van der Waals surface area contributed by atoms with Crippen molar-refractivity contribution in [2.45, 2.75) is 30.4 Å². The molecule has 0 spiro atoms. The van der Waals surface area contributed by atoms with E-state index in [4.69, 9.17) is 9.63 Å². The molecule has 0 saturated carbocycles. The highest BCUT2D eigenvalue weighted by atomic mass is 32.2. The Morgan fingerprint density at radius 2 is 2.11 bits per heavy atom. The number of aromatic carboxylic acids is 1. The van der Waals surface area contributed by atoms with Crippen LogP contribution in [0.5, 0.6) is 0 Å². The summed E-state index contributed by atoms with van der Waals surface area (Å²) in [5.74, 6) is 1.02. The third kappa shape index (κ3) is 3.82. The number of hydrogen-bond acceptors (Lipinski definition) is 5. The van der Waals surface area contributed by atoms with Gasteiger partial charge in [0.05, 0.1) is 11.3 Å². The van der Waals surface area contributed by atoms with E-state index in [-0.39, 0.29) is 5.56 Å². The van der Waals surface area contributed by atoms with Gasteiger partial charge in [0.2, 0.25) is 5.89 Å². The van der Waals surface area contributed by atoms with Crippen LogP contribution in [-0.2, 0) is 12.2 Å². The number of aryl methyl sites for hydroxylation is 1. The molecule has 1 N–H and O–H groups in total. The topological polar surface area (TPSA) is 76.2 Å². The zero-order valence-electron chi connectivity index (χ0n) is 10.5. The molecule has 1 aromatic carbocycles. The first-order chi connectivity index (χ1) is 9.19. The minimum Gasteiger partial charge on any atom is -0.478 e. The molecule has 0 aliphatic rings. The van der Waals surface area contributed by atoms with Crippen molar-refractivity contribution in [3.63, 3.8) is 0 Å². The number of carboxylic acid groups (broad SMARTS) is 1. The molecule has 2 rings (SSSR count). The van der Waals surface area contributed by atoms with E-state index in [1.54, 1.807) is 36.0 Å². The van der Waals surface area contributed by atoms with E-state index in [2.05, 4.69) is 17.1 Å². The summed E-state index contributed by atoms with van der Waals surface area (Å²) < 4.78 is 5.09. The number of carboxylic acids is 1. The van der Waals surface area contributed by atoms with E-state index in [9.17, 15) is 4.79 Å². The van der Waals surface area contributed by atoms with Gasteiger partial charge in [-0.2, -0.15) is 4.98 Å². The molecule has 5 nitrogen and oxygen atoms in total. The molecule has 19 heavy (non-hydrogen) atoms. The van der Waals surface area contributed by atoms with Crippen molar-refractivity contribution >= 4 is 17.7 Å². The lowest BCUT2D eigenvalue weighted by Crippen LogP contribution is -1.94. The molecule has 100 valence electrons. The predicted molar refractivity (Wildman–Crippen MR) is 71.3 cm³/mol. The minimum atomic E-state index is -0.918. The van der Waals surface area contributed by atoms with Crippen LogP contribution in [0, 0.1) is 0 Å². The fraction of sp³-hybridized carbons (Fsp3) is 0.308. The Bertz CT molecular complexity index is 551. The number of aromatic nitrogens is 2. The molecule has 6 heteroatoms. The molecule has 0 unspecified atom stereocenters. The van der Waals surface area contributed by atoms with Crippen LogP contribution in [0.1, 0.15) is 35.4 Å². The molecule has 0 saturated heterocycles. The lowest BCUT2D eigenvalue weighted by atomic mass is 10.2. The lowest BCUT2D eigenvalue weighted by Gasteiger charge is -1.99. The second-order valence-corrected chi connectivity index (χ2v) is 5.02. The number of nitrogens with zero attached hydrogens (tertiary/aromatic N) is 2. The van der Waals surface area contributed by atoms with Gasteiger partial charge < -0.3 is 9.63 Å². The Kier molecular flexibility index (Phi) is 4.57. The summed E-state index contributed by atoms with van der Waals surface area (Å²) >= 11 is 1.55. The number of thioether (sulfide) groups is 1. The molecule has 1 heterocycles. The summed E-state index contributed by atoms with van der Waals surface area (Å²) in [5, 5.41) is 12.7. The number of rotatable bonds is 6. The summed E-state index contributed by atoms with van der Waals surface area (Å²) in [4.78, 5) is 16.0. The average molecular weight is 278 g/mol. The zero-order chi connectivity index (χ0) is 13.7. The van der Waals surface area contributed by atoms with E-state index in [0.29, 0.717) is 17.5 Å². The third-order valence-electron chi connectivity index (χ3n) is 2.44. The van der Waals surface area contributed by atoms with Crippen molar-refractivity contribution in [2.75, 3.05) is 0 Å². The Hall–Kier alpha value is -1.82. The summed E-state index contributed by atoms with van der Waals surface area (Å²) in [5.41, 5.74) is 0.286. The number of benzene rings is 1. The van der Waals surface area contributed by atoms with Crippen molar-refractivity contribution in [1.82, 2.24) is 10.1 Å². The first-order valence-electron chi connectivity index (χ1n) is 5.96. The van der Waals surface area contributed by atoms with E-state index >= 15 is 0 Å². The fourth-order valence-corrected chi connectivity index (χ4v) is 2.25. The van der Waals surface area contributed by atoms with E-state index in [1.807, 2.05) is 0 Å². The van der Waals surface area contributed by atoms with Crippen molar-refractivity contribution in [3.05, 3.63) is 41.5 Å². The summed E-state index contributed by atoms with van der Waals surface area (Å²) in [7, 11) is 0. The fourth-order valence-electron chi connectivity index (χ4n) is 1.51. The quantitative estimate of drug-likeness (QED) is 0.818. The summed E-state index contributed by atoms with van der Waals surface area (Å²) in [6.07, 6.45) is 1.77. The minimum absolute atomic E-state index is 0.286. The Morgan fingerprint density at radius 3 is 2.74 bits per heavy atom. The molecule has 0 aliphatic carbocycles. The molecule has 1 aromatic heterocycles. The van der Waals surface area contributed by atoms with Gasteiger partial charge in [0, 0.05) is 11.3 Å². The molecule has 0 radical (unpaired) electrons. The molecule has 0 amide bonds. The van der Waals surface area contributed by atoms with Crippen LogP contribution in [0.15, 0.2) is 33.7 Å². The summed E-state index contributed by atoms with van der Waals surface area (Å²) in [6.45, 7) is 2.06. The van der Waals surface area contributed by atoms with E-state index in [0.717, 1.165) is 17.7 Å². The second kappa shape index (κ2) is 6.38. The van der Waals surface area contributed by atoms with Crippen LogP contribution in [-0.4, -0.2) is 21.2 Å². The van der Waals surface area contributed by atoms with Gasteiger partial charge in [-0.15, -0.1) is 11.8 Å². The van der Waals surface area contributed by atoms with E-state index in [1.165, 1.54) is 0 Å². The predicted octanol–water partition coefficient (Wildman–Crippen LogP) is 3.01. The highest BCUT2D eigenvalue weighted by Crippen LogP contribution is 2.22. The van der Waals surface area contributed by atoms with Crippen LogP contribution in [0.3, 0.4) is 0 Å². The van der Waals surface area contributed by atoms with Gasteiger partial charge in [0.1, 0.15) is 0 Å². The Labute approximate surface area is 115 Å². The maximum atomic E-state index is 10.7. The Balaban J connectivity index is 1.92. The van der Waals surface area contributed by atoms with Gasteiger partial charge in [0.15, 0.2) is 5.82 Å². The van der Waals surface area contributed by atoms with Crippen LogP contribution < -0.4 is 0 Å². The van der Waals surface area contributed by atoms with Gasteiger partial charge in [-0.3, -0.25) is 0 Å². The zero-order valence-corrected chi connectivity index (χ0v) is 11.3. The number of hydrogen-bond donors (Lipinski definition) is 1. The van der Waals surface area contributed by atoms with Crippen molar-refractivity contribution < 1.29 is 14.4 Å². The Morgan fingerprint density at radius 1 is 1.37 bits per heavy atom. The van der Waals surface area contributed by atoms with Crippen LogP contribution >= 0.6 is 11.8 Å². The van der Waals surface area contributed by atoms with E-state index < -0.39 is 5.97 Å². The second-order valence-electron chi connectivity index (χ2n) is 3.97. The van der Waals surface area contributed by atoms with Gasteiger partial charge in [0.25, 0.3) is 0 Å². The van der Waals surface area contributed by atoms with Gasteiger partial charge in [-0.05, 0) is 30.7 Å². The maximum absolute atomic E-state index is 10.7. The smallest absolute Gasteiger partial charge is 0.335 e. The van der Waals surface area contributed by atoms with Gasteiger partial charge in [-0.1, -0.05) is 12.1 Å². The molecule has 0 atom stereocenters. The molecular formula is C13H14N2O3S. The van der Waals surface area contributed by atoms with Crippen molar-refractivity contribution in [3.8, 4) is 0 Å². The highest BCUT2D eigenvalue weighted by molar-refractivity contribution is 7.98. The van der Waals surface area contributed by atoms with Gasteiger partial charge >= 0.3 is 5.97 Å². The molecule has 0 bridgehead atoms. The lowest BCUT2D eigenvalue weighted by molar-refractivity contribution is 0.0697. The van der Waals surface area contributed by atoms with Crippen LogP contribution in [0.25, 0.3) is 0 Å². The van der Waals surface area contributed by atoms with Crippen LogP contribution in [0.4, 0.5) is 0 Å². The maximum Gasteiger partial charge on any atom is 0.335 e. The first-order valence-corrected chi connectivity index (χ1v) is 6.95. The summed E-state index contributed by atoms with van der Waals surface area (Å²) in [6, 6.07) is 6.73. The highest BCUT2D eigenvalue weighted by Gasteiger charge is 2.07. The van der Waals surface area contributed by atoms with Crippen molar-refractivity contribution in [1.29, 1.82) is 0 Å². The first kappa shape index (κ1) is 13.6. The largest absolute Gasteiger partial charge is 0.478 e. The monoisotopic (exact) mass is 278 g/mol. The molecular weight excluding hydrogens is 264 g/mol. The number of carbonyl (C=O) groups is 1. The van der Waals surface area contributed by atoms with Gasteiger partial charge in [-0.25, -0.2) is 4.79 Å². The third-order valence-corrected chi connectivity index (χ3v) is 3.45. The average Bonchev–Trinajstić information content (AvgIpc) is 2.85. The van der Waals surface area contributed by atoms with Crippen LogP contribution in [0.2, 0.25) is 0 Å².